The summed E-state index contributed by atoms with van der Waals surface area (Å²) in [6, 6.07) is 0.0194. The second-order valence-corrected chi connectivity index (χ2v) is 5.46. The first kappa shape index (κ1) is 19.4. The minimum absolute atomic E-state index is 0.0194. The predicted molar refractivity (Wildman–Crippen MR) is 87.2 cm³/mol. The largest absolute Gasteiger partial charge is 0.478 e. The van der Waals surface area contributed by atoms with E-state index < -0.39 is 5.97 Å². The molecule has 6 heteroatoms. The van der Waals surface area contributed by atoms with Gasteiger partial charge in [0.25, 0.3) is 0 Å². The summed E-state index contributed by atoms with van der Waals surface area (Å²) in [5.41, 5.74) is 0.263. The standard InChI is InChI=1S/C17H27NO5/c1-4-7-13(17(20)21)8-6-9-23-12-14-10-15(22-3)11-18(14)16(19)5-2/h6-8,14-15H,4-5,9-12H2,1-3H3,(H,20,21)/b8-6-,13-7+. The molecule has 1 rings (SSSR count). The fraction of sp³-hybridized carbons (Fsp3) is 0.647. The Labute approximate surface area is 137 Å². The van der Waals surface area contributed by atoms with Gasteiger partial charge in [-0.2, -0.15) is 0 Å². The lowest BCUT2D eigenvalue weighted by atomic mass is 10.2. The highest BCUT2D eigenvalue weighted by Crippen LogP contribution is 2.21. The maximum atomic E-state index is 11.9. The van der Waals surface area contributed by atoms with Crippen LogP contribution in [0.2, 0.25) is 0 Å². The molecule has 0 aromatic rings. The highest BCUT2D eigenvalue weighted by atomic mass is 16.5. The van der Waals surface area contributed by atoms with E-state index in [9.17, 15) is 9.59 Å². The van der Waals surface area contributed by atoms with Gasteiger partial charge >= 0.3 is 5.97 Å². The molecule has 2 atom stereocenters. The van der Waals surface area contributed by atoms with Gasteiger partial charge in [0.1, 0.15) is 0 Å². The molecule has 0 aromatic heterocycles. The number of allylic oxidation sites excluding steroid dienone is 1. The molecule has 1 heterocycles. The van der Waals surface area contributed by atoms with Crippen molar-refractivity contribution >= 4 is 11.9 Å². The van der Waals surface area contributed by atoms with Gasteiger partial charge < -0.3 is 19.5 Å². The summed E-state index contributed by atoms with van der Waals surface area (Å²) in [6.45, 7) is 5.08. The third-order valence-electron chi connectivity index (χ3n) is 3.82. The molecule has 1 fully saturated rings. The van der Waals surface area contributed by atoms with Crippen molar-refractivity contribution in [2.75, 3.05) is 26.9 Å². The van der Waals surface area contributed by atoms with Crippen molar-refractivity contribution in [3.63, 3.8) is 0 Å². The van der Waals surface area contributed by atoms with E-state index in [0.717, 1.165) is 6.42 Å². The summed E-state index contributed by atoms with van der Waals surface area (Å²) in [7, 11) is 1.65. The SMILES string of the molecule is CC/C=C(\C=C/COCC1CC(OC)CN1C(=O)CC)C(=O)O. The lowest BCUT2D eigenvalue weighted by Gasteiger charge is -2.23. The van der Waals surface area contributed by atoms with Crippen LogP contribution in [0.15, 0.2) is 23.8 Å². The van der Waals surface area contributed by atoms with Gasteiger partial charge in [0.2, 0.25) is 5.91 Å². The average molecular weight is 325 g/mol. The number of methoxy groups -OCH3 is 1. The van der Waals surface area contributed by atoms with Gasteiger partial charge in [0, 0.05) is 20.1 Å². The molecule has 0 aromatic carbocycles. The molecule has 2 unspecified atom stereocenters. The van der Waals surface area contributed by atoms with Crippen LogP contribution >= 0.6 is 0 Å². The van der Waals surface area contributed by atoms with E-state index in [2.05, 4.69) is 0 Å². The predicted octanol–water partition coefficient (Wildman–Crippen LogP) is 2.01. The van der Waals surface area contributed by atoms with E-state index in [1.54, 1.807) is 25.3 Å². The second-order valence-electron chi connectivity index (χ2n) is 5.46. The maximum Gasteiger partial charge on any atom is 0.335 e. The molecule has 0 spiro atoms. The highest BCUT2D eigenvalue weighted by molar-refractivity contribution is 5.89. The third-order valence-corrected chi connectivity index (χ3v) is 3.82. The van der Waals surface area contributed by atoms with E-state index >= 15 is 0 Å². The third kappa shape index (κ3) is 6.15. The van der Waals surface area contributed by atoms with Crippen molar-refractivity contribution in [3.05, 3.63) is 23.8 Å². The van der Waals surface area contributed by atoms with Crippen LogP contribution in [0.3, 0.4) is 0 Å². The van der Waals surface area contributed by atoms with Crippen molar-refractivity contribution in [1.82, 2.24) is 4.90 Å². The fourth-order valence-corrected chi connectivity index (χ4v) is 2.60. The Morgan fingerprint density at radius 1 is 1.35 bits per heavy atom. The maximum absolute atomic E-state index is 11.9. The minimum Gasteiger partial charge on any atom is -0.478 e. The summed E-state index contributed by atoms with van der Waals surface area (Å²) in [4.78, 5) is 24.7. The summed E-state index contributed by atoms with van der Waals surface area (Å²) in [6.07, 6.45) is 6.85. The summed E-state index contributed by atoms with van der Waals surface area (Å²) in [5, 5.41) is 8.99. The molecule has 0 bridgehead atoms. The van der Waals surface area contributed by atoms with Crippen LogP contribution in [-0.2, 0) is 19.1 Å². The van der Waals surface area contributed by atoms with Crippen LogP contribution in [-0.4, -0.2) is 60.9 Å². The van der Waals surface area contributed by atoms with Gasteiger partial charge in [-0.05, 0) is 18.9 Å². The number of hydrogen-bond acceptors (Lipinski definition) is 4. The molecule has 23 heavy (non-hydrogen) atoms. The monoisotopic (exact) mass is 325 g/mol. The summed E-state index contributed by atoms with van der Waals surface area (Å²) in [5.74, 6) is -0.839. The van der Waals surface area contributed by atoms with Crippen LogP contribution in [0.5, 0.6) is 0 Å². The lowest BCUT2D eigenvalue weighted by Crippen LogP contribution is -2.38. The Hall–Kier alpha value is -1.66. The van der Waals surface area contributed by atoms with Gasteiger partial charge in [-0.1, -0.05) is 26.0 Å². The van der Waals surface area contributed by atoms with E-state index in [0.29, 0.717) is 32.6 Å². The van der Waals surface area contributed by atoms with Crippen molar-refractivity contribution in [2.24, 2.45) is 0 Å². The van der Waals surface area contributed by atoms with Crippen molar-refractivity contribution < 1.29 is 24.2 Å². The van der Waals surface area contributed by atoms with E-state index in [4.69, 9.17) is 14.6 Å². The van der Waals surface area contributed by atoms with Crippen LogP contribution in [0, 0.1) is 0 Å². The molecule has 1 amide bonds. The first-order valence-electron chi connectivity index (χ1n) is 8.03. The quantitative estimate of drug-likeness (QED) is 0.399. The summed E-state index contributed by atoms with van der Waals surface area (Å²) < 4.78 is 10.9. The Morgan fingerprint density at radius 2 is 2.09 bits per heavy atom. The lowest BCUT2D eigenvalue weighted by molar-refractivity contribution is -0.133. The van der Waals surface area contributed by atoms with Crippen LogP contribution in [0.1, 0.15) is 33.1 Å². The molecular weight excluding hydrogens is 298 g/mol. The van der Waals surface area contributed by atoms with Crippen LogP contribution in [0.25, 0.3) is 0 Å². The fourth-order valence-electron chi connectivity index (χ4n) is 2.60. The summed E-state index contributed by atoms with van der Waals surface area (Å²) >= 11 is 0. The zero-order chi connectivity index (χ0) is 17.2. The second kappa shape index (κ2) is 10.2. The van der Waals surface area contributed by atoms with E-state index in [1.807, 2.05) is 18.7 Å². The van der Waals surface area contributed by atoms with Gasteiger partial charge in [-0.3, -0.25) is 4.79 Å². The Morgan fingerprint density at radius 3 is 2.65 bits per heavy atom. The zero-order valence-electron chi connectivity index (χ0n) is 14.2. The number of aliphatic carboxylic acids is 1. The number of ether oxygens (including phenoxy) is 2. The van der Waals surface area contributed by atoms with Gasteiger partial charge in [0.05, 0.1) is 30.9 Å². The topological polar surface area (TPSA) is 76.1 Å². The van der Waals surface area contributed by atoms with Gasteiger partial charge in [-0.25, -0.2) is 4.79 Å². The van der Waals surface area contributed by atoms with Gasteiger partial charge in [-0.15, -0.1) is 0 Å². The molecule has 6 nitrogen and oxygen atoms in total. The van der Waals surface area contributed by atoms with Crippen molar-refractivity contribution in [2.45, 2.75) is 45.3 Å². The number of carbonyl (C=O) groups is 2. The molecule has 0 radical (unpaired) electrons. The molecular formula is C17H27NO5. The van der Waals surface area contributed by atoms with Crippen molar-refractivity contribution in [1.29, 1.82) is 0 Å². The number of carboxylic acid groups (broad SMARTS) is 1. The first-order valence-corrected chi connectivity index (χ1v) is 8.03. The molecule has 0 saturated carbocycles. The molecule has 1 saturated heterocycles. The van der Waals surface area contributed by atoms with Crippen LogP contribution < -0.4 is 0 Å². The smallest absolute Gasteiger partial charge is 0.335 e. The first-order chi connectivity index (χ1) is 11.0. The van der Waals surface area contributed by atoms with Crippen LogP contribution in [0.4, 0.5) is 0 Å². The molecule has 1 aliphatic rings. The number of hydrogen-bond donors (Lipinski definition) is 1. The Balaban J connectivity index is 2.45. The van der Waals surface area contributed by atoms with Crippen molar-refractivity contribution in [3.8, 4) is 0 Å². The zero-order valence-corrected chi connectivity index (χ0v) is 14.2. The number of carbonyl (C=O) groups excluding carboxylic acids is 1. The highest BCUT2D eigenvalue weighted by Gasteiger charge is 2.34. The number of amides is 1. The number of carboxylic acids is 1. The molecule has 130 valence electrons. The van der Waals surface area contributed by atoms with Gasteiger partial charge in [0.15, 0.2) is 0 Å². The van der Waals surface area contributed by atoms with E-state index in [1.165, 1.54) is 0 Å². The number of rotatable bonds is 9. The molecule has 0 aliphatic carbocycles. The number of nitrogens with zero attached hydrogens (tertiary/aromatic N) is 1. The van der Waals surface area contributed by atoms with E-state index in [-0.39, 0.29) is 23.6 Å². The molecule has 1 aliphatic heterocycles. The Kier molecular flexibility index (Phi) is 8.58. The minimum atomic E-state index is -0.943. The Bertz CT molecular complexity index is 458. The normalized spacial score (nSPS) is 22.0. The number of likely N-dealkylation sites (tertiary alicyclic amines) is 1. The molecule has 1 N–H and O–H groups in total. The average Bonchev–Trinajstić information content (AvgIpc) is 2.95.